The predicted molar refractivity (Wildman–Crippen MR) is 127 cm³/mol. The number of nitrogens with one attached hydrogen (secondary N) is 2. The van der Waals surface area contributed by atoms with Crippen molar-refractivity contribution in [2.45, 2.75) is 20.3 Å². The summed E-state index contributed by atoms with van der Waals surface area (Å²) in [5.74, 6) is -0.244. The molecule has 0 aliphatic rings. The molecule has 0 aliphatic heterocycles. The van der Waals surface area contributed by atoms with Crippen LogP contribution in [0.5, 0.6) is 0 Å². The van der Waals surface area contributed by atoms with Crippen molar-refractivity contribution in [3.05, 3.63) is 85.5 Å². The largest absolute Gasteiger partial charge is 0.341 e. The number of hydrogen-bond acceptors (Lipinski definition) is 5. The minimum atomic E-state index is -0.720. The van der Waals surface area contributed by atoms with E-state index in [0.29, 0.717) is 5.69 Å². The highest BCUT2D eigenvalue weighted by atomic mass is 35.5. The number of aromatic amines is 1. The third-order valence-electron chi connectivity index (χ3n) is 5.17. The van der Waals surface area contributed by atoms with Crippen molar-refractivity contribution in [1.82, 2.24) is 4.98 Å². The van der Waals surface area contributed by atoms with Gasteiger partial charge in [-0.15, -0.1) is 0 Å². The highest BCUT2D eigenvalue weighted by molar-refractivity contribution is 6.35. The van der Waals surface area contributed by atoms with E-state index >= 15 is 0 Å². The Morgan fingerprint density at radius 2 is 1.84 bits per heavy atom. The molecule has 162 valence electrons. The summed E-state index contributed by atoms with van der Waals surface area (Å²) in [4.78, 5) is 40.3. The molecule has 0 unspecified atom stereocenters. The highest BCUT2D eigenvalue weighted by Gasteiger charge is 2.26. The van der Waals surface area contributed by atoms with Crippen molar-refractivity contribution < 1.29 is 9.72 Å². The third kappa shape index (κ3) is 3.94. The van der Waals surface area contributed by atoms with Gasteiger partial charge >= 0.3 is 0 Å². The van der Waals surface area contributed by atoms with Crippen LogP contribution in [0.25, 0.3) is 21.7 Å². The molecule has 0 spiro atoms. The van der Waals surface area contributed by atoms with E-state index in [1.165, 1.54) is 12.1 Å². The Balaban J connectivity index is 1.96. The number of Topliss-reactive ketones (excluding diaryl/α,β-unsaturated/α-hetero) is 1. The molecule has 8 heteroatoms. The van der Waals surface area contributed by atoms with E-state index < -0.39 is 21.8 Å². The zero-order chi connectivity index (χ0) is 23.0. The monoisotopic (exact) mass is 449 g/mol. The quantitative estimate of drug-likeness (QED) is 0.206. The van der Waals surface area contributed by atoms with E-state index in [-0.39, 0.29) is 39.6 Å². The van der Waals surface area contributed by atoms with Gasteiger partial charge in [-0.25, -0.2) is 0 Å². The van der Waals surface area contributed by atoms with Crippen molar-refractivity contribution in [3.63, 3.8) is 0 Å². The molecule has 4 rings (SSSR count). The number of hydrogen-bond donors (Lipinski definition) is 2. The van der Waals surface area contributed by atoms with Crippen LogP contribution in [0.3, 0.4) is 0 Å². The van der Waals surface area contributed by atoms with Gasteiger partial charge in [0.2, 0.25) is 5.43 Å². The molecule has 2 N–H and O–H groups in total. The van der Waals surface area contributed by atoms with Gasteiger partial charge in [0.1, 0.15) is 16.8 Å². The lowest BCUT2D eigenvalue weighted by Crippen LogP contribution is -2.21. The van der Waals surface area contributed by atoms with Crippen LogP contribution in [0.1, 0.15) is 30.6 Å². The summed E-state index contributed by atoms with van der Waals surface area (Å²) in [5.41, 5.74) is -0.512. The number of non-ortho nitro benzene ring substituents is 1. The number of carbonyl (C=O) groups is 1. The van der Waals surface area contributed by atoms with E-state index in [1.807, 2.05) is 56.3 Å². The van der Waals surface area contributed by atoms with Gasteiger partial charge in [-0.3, -0.25) is 19.7 Å². The first-order valence-corrected chi connectivity index (χ1v) is 10.5. The van der Waals surface area contributed by atoms with Gasteiger partial charge in [-0.2, -0.15) is 0 Å². The average molecular weight is 450 g/mol. The molecule has 1 aromatic heterocycles. The second-order valence-electron chi connectivity index (χ2n) is 7.99. The van der Waals surface area contributed by atoms with Gasteiger partial charge in [0.05, 0.1) is 15.5 Å². The van der Waals surface area contributed by atoms with E-state index in [0.717, 1.165) is 10.8 Å². The van der Waals surface area contributed by atoms with E-state index in [1.54, 1.807) is 0 Å². The fourth-order valence-corrected chi connectivity index (χ4v) is 3.95. The number of nitro benzene ring substituents is 1. The minimum absolute atomic E-state index is 0.000429. The van der Waals surface area contributed by atoms with Gasteiger partial charge in [-0.1, -0.05) is 55.8 Å². The Bertz CT molecular complexity index is 1440. The summed E-state index contributed by atoms with van der Waals surface area (Å²) in [5, 5.41) is 16.6. The number of halogens is 1. The number of fused-ring (bicyclic) bond motifs is 2. The predicted octanol–water partition coefficient (Wildman–Crippen LogP) is 6.22. The second kappa shape index (κ2) is 8.43. The van der Waals surface area contributed by atoms with Crippen molar-refractivity contribution in [2.75, 3.05) is 5.32 Å². The zero-order valence-electron chi connectivity index (χ0n) is 17.4. The fourth-order valence-electron chi connectivity index (χ4n) is 3.74. The number of H-pyrrole nitrogens is 1. The molecular formula is C24H20ClN3O4. The Labute approximate surface area is 188 Å². The Hall–Kier alpha value is -3.71. The lowest BCUT2D eigenvalue weighted by molar-refractivity contribution is -0.383. The van der Waals surface area contributed by atoms with Crippen LogP contribution in [-0.2, 0) is 0 Å². The second-order valence-corrected chi connectivity index (χ2v) is 8.39. The third-order valence-corrected chi connectivity index (χ3v) is 5.49. The topological polar surface area (TPSA) is 105 Å². The summed E-state index contributed by atoms with van der Waals surface area (Å²) in [7, 11) is 0. The lowest BCUT2D eigenvalue weighted by Gasteiger charge is -2.15. The number of nitrogens with zero attached hydrogens (tertiary/aromatic N) is 1. The molecular weight excluding hydrogens is 430 g/mol. The molecule has 0 radical (unpaired) electrons. The van der Waals surface area contributed by atoms with Gasteiger partial charge in [0, 0.05) is 18.2 Å². The first-order chi connectivity index (χ1) is 15.3. The van der Waals surface area contributed by atoms with Crippen LogP contribution in [-0.4, -0.2) is 15.7 Å². The molecule has 3 aromatic carbocycles. The number of aromatic nitrogens is 1. The Morgan fingerprint density at radius 1 is 1.12 bits per heavy atom. The zero-order valence-corrected chi connectivity index (χ0v) is 18.2. The van der Waals surface area contributed by atoms with Gasteiger partial charge < -0.3 is 10.3 Å². The standard InChI is InChI=1S/C24H20ClN3O4/c1-13(2)11-19(29)21-23(30)20-18(28(31)32)10-9-17(25)22(20)27-24(21)26-16-8-7-14-5-3-4-6-15(14)12-16/h3-10,12-13H,11H2,1-2H3,(H2,26,27,30). The average Bonchev–Trinajstić information content (AvgIpc) is 2.73. The molecule has 0 saturated carbocycles. The summed E-state index contributed by atoms with van der Waals surface area (Å²) >= 11 is 6.27. The minimum Gasteiger partial charge on any atom is -0.341 e. The number of anilines is 2. The number of pyridine rings is 1. The van der Waals surface area contributed by atoms with Crippen LogP contribution in [0.15, 0.2) is 59.4 Å². The van der Waals surface area contributed by atoms with Crippen molar-refractivity contribution in [3.8, 4) is 0 Å². The molecule has 0 bridgehead atoms. The normalized spacial score (nSPS) is 11.2. The molecule has 0 fully saturated rings. The fraction of sp³-hybridized carbons (Fsp3) is 0.167. The number of nitro groups is 1. The molecule has 32 heavy (non-hydrogen) atoms. The smallest absolute Gasteiger partial charge is 0.282 e. The highest BCUT2D eigenvalue weighted by Crippen LogP contribution is 2.32. The summed E-state index contributed by atoms with van der Waals surface area (Å²) in [6.07, 6.45) is 0.120. The molecule has 0 amide bonds. The van der Waals surface area contributed by atoms with Crippen LogP contribution in [0, 0.1) is 16.0 Å². The van der Waals surface area contributed by atoms with Gasteiger partial charge in [0.15, 0.2) is 5.78 Å². The van der Waals surface area contributed by atoms with Crippen LogP contribution < -0.4 is 10.7 Å². The summed E-state index contributed by atoms with van der Waals surface area (Å²) in [6, 6.07) is 16.0. The number of rotatable bonds is 6. The Morgan fingerprint density at radius 3 is 2.53 bits per heavy atom. The maximum absolute atomic E-state index is 13.4. The molecule has 0 saturated heterocycles. The molecule has 7 nitrogen and oxygen atoms in total. The van der Waals surface area contributed by atoms with Crippen molar-refractivity contribution >= 4 is 56.3 Å². The van der Waals surface area contributed by atoms with E-state index in [2.05, 4.69) is 10.3 Å². The van der Waals surface area contributed by atoms with Gasteiger partial charge in [0.25, 0.3) is 5.69 Å². The SMILES string of the molecule is CC(C)CC(=O)c1c(Nc2ccc3ccccc3c2)[nH]c2c(Cl)ccc([N+](=O)[O-])c2c1=O. The molecule has 0 atom stereocenters. The number of carbonyl (C=O) groups excluding carboxylic acids is 1. The molecule has 4 aromatic rings. The van der Waals surface area contributed by atoms with Crippen LogP contribution in [0.2, 0.25) is 5.02 Å². The molecule has 1 heterocycles. The van der Waals surface area contributed by atoms with Crippen LogP contribution in [0.4, 0.5) is 17.2 Å². The van der Waals surface area contributed by atoms with E-state index in [9.17, 15) is 19.7 Å². The summed E-state index contributed by atoms with van der Waals surface area (Å²) in [6.45, 7) is 3.73. The maximum atomic E-state index is 13.4. The first kappa shape index (κ1) is 21.5. The van der Waals surface area contributed by atoms with Crippen LogP contribution >= 0.6 is 11.6 Å². The number of benzene rings is 3. The summed E-state index contributed by atoms with van der Waals surface area (Å²) < 4.78 is 0. The maximum Gasteiger partial charge on any atom is 0.282 e. The molecule has 0 aliphatic carbocycles. The lowest BCUT2D eigenvalue weighted by atomic mass is 9.99. The van der Waals surface area contributed by atoms with Crippen molar-refractivity contribution in [1.29, 1.82) is 0 Å². The van der Waals surface area contributed by atoms with Gasteiger partial charge in [-0.05, 0) is 34.9 Å². The first-order valence-electron chi connectivity index (χ1n) is 10.1. The Kier molecular flexibility index (Phi) is 5.67. The van der Waals surface area contributed by atoms with E-state index in [4.69, 9.17) is 11.6 Å². The number of ketones is 1. The van der Waals surface area contributed by atoms with Crippen molar-refractivity contribution in [2.24, 2.45) is 5.92 Å².